The van der Waals surface area contributed by atoms with Gasteiger partial charge in [-0.05, 0) is 30.0 Å². The van der Waals surface area contributed by atoms with Crippen LogP contribution in [0.3, 0.4) is 0 Å². The van der Waals surface area contributed by atoms with Crippen LogP contribution >= 0.6 is 11.3 Å². The molecule has 0 atom stereocenters. The van der Waals surface area contributed by atoms with Gasteiger partial charge >= 0.3 is 0 Å². The van der Waals surface area contributed by atoms with Gasteiger partial charge in [0.1, 0.15) is 5.75 Å². The molecule has 4 heteroatoms. The number of hydrogen-bond donors (Lipinski definition) is 0. The maximum absolute atomic E-state index is 10.8. The van der Waals surface area contributed by atoms with Gasteiger partial charge < -0.3 is 4.74 Å². The summed E-state index contributed by atoms with van der Waals surface area (Å²) < 4.78 is 5.68. The fourth-order valence-corrected chi connectivity index (χ4v) is 2.56. The van der Waals surface area contributed by atoms with Crippen LogP contribution in [-0.4, -0.2) is 17.9 Å². The number of thiazole rings is 1. The van der Waals surface area contributed by atoms with Gasteiger partial charge in [-0.2, -0.15) is 0 Å². The molecule has 0 aliphatic heterocycles. The summed E-state index contributed by atoms with van der Waals surface area (Å²) in [6, 6.07) is 6.18. The Morgan fingerprint density at radius 3 is 2.65 bits per heavy atom. The number of ether oxygens (including phenoxy) is 1. The van der Waals surface area contributed by atoms with Gasteiger partial charge in [-0.25, -0.2) is 4.98 Å². The van der Waals surface area contributed by atoms with E-state index in [2.05, 4.69) is 37.9 Å². The van der Waals surface area contributed by atoms with E-state index in [-0.39, 0.29) is 5.41 Å². The minimum Gasteiger partial charge on any atom is -0.493 e. The second-order valence-electron chi connectivity index (χ2n) is 5.58. The Bertz CT molecular complexity index is 611. The minimum absolute atomic E-state index is 0.0585. The molecule has 0 N–H and O–H groups in total. The highest BCUT2D eigenvalue weighted by atomic mass is 32.1. The summed E-state index contributed by atoms with van der Waals surface area (Å²) in [4.78, 5) is 15.1. The first-order chi connectivity index (χ1) is 9.45. The number of carbonyl (C=O) groups is 1. The van der Waals surface area contributed by atoms with E-state index in [0.29, 0.717) is 11.6 Å². The SMILES string of the molecule is CCOc1ccc(C(C)(C)C)cc1-c1csc(C=O)n1. The lowest BCUT2D eigenvalue weighted by atomic mass is 9.86. The standard InChI is InChI=1S/C16H19NO2S/c1-5-19-14-7-6-11(16(2,3)4)8-12(14)13-10-20-15(9-18)17-13/h6-10H,5H2,1-4H3. The first kappa shape index (κ1) is 14.7. The van der Waals surface area contributed by atoms with Crippen molar-refractivity contribution in [1.82, 2.24) is 4.98 Å². The number of aldehydes is 1. The average Bonchev–Trinajstić information content (AvgIpc) is 2.87. The molecule has 0 saturated carbocycles. The molecule has 3 nitrogen and oxygen atoms in total. The second kappa shape index (κ2) is 5.75. The van der Waals surface area contributed by atoms with Crippen molar-refractivity contribution in [3.63, 3.8) is 0 Å². The lowest BCUT2D eigenvalue weighted by Gasteiger charge is -2.21. The molecule has 0 aliphatic carbocycles. The molecule has 0 bridgehead atoms. The fourth-order valence-electron chi connectivity index (χ4n) is 1.94. The Morgan fingerprint density at radius 2 is 2.10 bits per heavy atom. The number of hydrogen-bond acceptors (Lipinski definition) is 4. The van der Waals surface area contributed by atoms with Gasteiger partial charge in [-0.1, -0.05) is 26.8 Å². The van der Waals surface area contributed by atoms with E-state index in [4.69, 9.17) is 4.74 Å². The van der Waals surface area contributed by atoms with Crippen LogP contribution in [0.15, 0.2) is 23.6 Å². The van der Waals surface area contributed by atoms with Crippen molar-refractivity contribution in [2.24, 2.45) is 0 Å². The zero-order valence-electron chi connectivity index (χ0n) is 12.3. The van der Waals surface area contributed by atoms with Crippen molar-refractivity contribution < 1.29 is 9.53 Å². The quantitative estimate of drug-likeness (QED) is 0.787. The van der Waals surface area contributed by atoms with Gasteiger partial charge in [0.2, 0.25) is 0 Å². The van der Waals surface area contributed by atoms with Crippen molar-refractivity contribution in [2.75, 3.05) is 6.61 Å². The lowest BCUT2D eigenvalue weighted by molar-refractivity contribution is 0.112. The summed E-state index contributed by atoms with van der Waals surface area (Å²) in [6.45, 7) is 9.07. The largest absolute Gasteiger partial charge is 0.493 e. The normalized spacial score (nSPS) is 11.4. The molecule has 0 spiro atoms. The van der Waals surface area contributed by atoms with E-state index in [1.807, 2.05) is 18.4 Å². The third-order valence-corrected chi connectivity index (χ3v) is 3.81. The highest BCUT2D eigenvalue weighted by Gasteiger charge is 2.18. The Labute approximate surface area is 123 Å². The molecule has 1 aromatic heterocycles. The molecule has 2 rings (SSSR count). The molecule has 0 radical (unpaired) electrons. The molecule has 0 saturated heterocycles. The van der Waals surface area contributed by atoms with E-state index >= 15 is 0 Å². The maximum Gasteiger partial charge on any atom is 0.178 e. The van der Waals surface area contributed by atoms with Crippen molar-refractivity contribution in [3.8, 4) is 17.0 Å². The molecule has 0 unspecified atom stereocenters. The molecule has 0 amide bonds. The lowest BCUT2D eigenvalue weighted by Crippen LogP contribution is -2.11. The van der Waals surface area contributed by atoms with Gasteiger partial charge in [0.15, 0.2) is 11.3 Å². The molecule has 2 aromatic rings. The van der Waals surface area contributed by atoms with Crippen molar-refractivity contribution >= 4 is 17.6 Å². The van der Waals surface area contributed by atoms with Crippen molar-refractivity contribution in [3.05, 3.63) is 34.2 Å². The second-order valence-corrected chi connectivity index (χ2v) is 6.47. The van der Waals surface area contributed by atoms with E-state index in [9.17, 15) is 4.79 Å². The summed E-state index contributed by atoms with van der Waals surface area (Å²) in [6.07, 6.45) is 0.780. The highest BCUT2D eigenvalue weighted by molar-refractivity contribution is 7.11. The summed E-state index contributed by atoms with van der Waals surface area (Å²) in [5.74, 6) is 0.809. The summed E-state index contributed by atoms with van der Waals surface area (Å²) >= 11 is 1.35. The van der Waals surface area contributed by atoms with Gasteiger partial charge in [-0.15, -0.1) is 11.3 Å². The number of carbonyl (C=O) groups excluding carboxylic acids is 1. The summed E-state index contributed by atoms with van der Waals surface area (Å²) in [5.41, 5.74) is 3.02. The summed E-state index contributed by atoms with van der Waals surface area (Å²) in [7, 11) is 0. The molecular formula is C16H19NO2S. The van der Waals surface area contributed by atoms with Gasteiger partial charge in [0.25, 0.3) is 0 Å². The Kier molecular flexibility index (Phi) is 4.23. The van der Waals surface area contributed by atoms with E-state index in [1.54, 1.807) is 0 Å². The van der Waals surface area contributed by atoms with Gasteiger partial charge in [0.05, 0.1) is 12.3 Å². The predicted molar refractivity (Wildman–Crippen MR) is 82.8 cm³/mol. The molecular weight excluding hydrogens is 270 g/mol. The zero-order valence-corrected chi connectivity index (χ0v) is 13.1. The van der Waals surface area contributed by atoms with E-state index < -0.39 is 0 Å². The smallest absolute Gasteiger partial charge is 0.178 e. The van der Waals surface area contributed by atoms with Crippen molar-refractivity contribution in [1.29, 1.82) is 0 Å². The van der Waals surface area contributed by atoms with Crippen LogP contribution < -0.4 is 4.74 Å². The molecule has 0 fully saturated rings. The first-order valence-corrected chi connectivity index (χ1v) is 7.52. The van der Waals surface area contributed by atoms with Crippen LogP contribution in [0.5, 0.6) is 5.75 Å². The van der Waals surface area contributed by atoms with Crippen LogP contribution in [0.4, 0.5) is 0 Å². The Balaban J connectivity index is 2.54. The average molecular weight is 289 g/mol. The number of benzene rings is 1. The minimum atomic E-state index is 0.0585. The molecule has 20 heavy (non-hydrogen) atoms. The van der Waals surface area contributed by atoms with E-state index in [0.717, 1.165) is 23.3 Å². The summed E-state index contributed by atoms with van der Waals surface area (Å²) in [5, 5.41) is 2.39. The van der Waals surface area contributed by atoms with Crippen LogP contribution in [0, 0.1) is 0 Å². The molecule has 1 aromatic carbocycles. The third kappa shape index (κ3) is 3.07. The number of nitrogens with zero attached hydrogens (tertiary/aromatic N) is 1. The Hall–Kier alpha value is -1.68. The number of aromatic nitrogens is 1. The van der Waals surface area contributed by atoms with Gasteiger partial charge in [-0.3, -0.25) is 4.79 Å². The van der Waals surface area contributed by atoms with Crippen LogP contribution in [-0.2, 0) is 5.41 Å². The predicted octanol–water partition coefficient (Wildman–Crippen LogP) is 4.32. The third-order valence-electron chi connectivity index (χ3n) is 3.04. The molecule has 1 heterocycles. The van der Waals surface area contributed by atoms with Crippen LogP contribution in [0.2, 0.25) is 0 Å². The molecule has 0 aliphatic rings. The monoisotopic (exact) mass is 289 g/mol. The van der Waals surface area contributed by atoms with Crippen LogP contribution in [0.25, 0.3) is 11.3 Å². The topological polar surface area (TPSA) is 39.2 Å². The number of rotatable bonds is 4. The van der Waals surface area contributed by atoms with Crippen LogP contribution in [0.1, 0.15) is 43.1 Å². The molecule has 106 valence electrons. The maximum atomic E-state index is 10.8. The van der Waals surface area contributed by atoms with E-state index in [1.165, 1.54) is 16.9 Å². The first-order valence-electron chi connectivity index (χ1n) is 6.64. The fraction of sp³-hybridized carbons (Fsp3) is 0.375. The zero-order chi connectivity index (χ0) is 14.8. The highest BCUT2D eigenvalue weighted by Crippen LogP contribution is 2.35. The Morgan fingerprint density at radius 1 is 1.35 bits per heavy atom. The van der Waals surface area contributed by atoms with Crippen molar-refractivity contribution in [2.45, 2.75) is 33.1 Å². The van der Waals surface area contributed by atoms with Gasteiger partial charge in [0, 0.05) is 10.9 Å².